The zero-order chi connectivity index (χ0) is 35.9. The molecule has 0 radical (unpaired) electrons. The summed E-state index contributed by atoms with van der Waals surface area (Å²) >= 11 is 0. The SMILES string of the molecule is c1ccc(-c2ccc(N(c3ccccc3)c3ccc4c(c3)-c3cc(-c5ccccc5)c5ccccc5c3C4(c3ccccc3)c3ccccc3)cc2)cc1. The highest BCUT2D eigenvalue weighted by atomic mass is 15.1. The maximum Gasteiger partial charge on any atom is 0.0719 e. The van der Waals surface area contributed by atoms with E-state index in [1.807, 2.05) is 0 Å². The normalized spacial score (nSPS) is 12.6. The first-order valence-electron chi connectivity index (χ1n) is 18.7. The molecular formula is C53H37N. The van der Waals surface area contributed by atoms with Gasteiger partial charge >= 0.3 is 0 Å². The molecule has 9 aromatic rings. The number of hydrogen-bond donors (Lipinski definition) is 0. The Bertz CT molecular complexity index is 2680. The van der Waals surface area contributed by atoms with E-state index in [0.717, 1.165) is 17.1 Å². The lowest BCUT2D eigenvalue weighted by Gasteiger charge is -2.35. The average molecular weight is 688 g/mol. The minimum atomic E-state index is -0.532. The molecule has 0 N–H and O–H groups in total. The monoisotopic (exact) mass is 687 g/mol. The van der Waals surface area contributed by atoms with Crippen molar-refractivity contribution in [3.8, 4) is 33.4 Å². The van der Waals surface area contributed by atoms with Gasteiger partial charge in [0.15, 0.2) is 0 Å². The lowest BCUT2D eigenvalue weighted by atomic mass is 9.66. The van der Waals surface area contributed by atoms with Gasteiger partial charge in [-0.2, -0.15) is 0 Å². The summed E-state index contributed by atoms with van der Waals surface area (Å²) in [6.07, 6.45) is 0. The lowest BCUT2D eigenvalue weighted by Crippen LogP contribution is -2.29. The average Bonchev–Trinajstić information content (AvgIpc) is 3.56. The fraction of sp³-hybridized carbons (Fsp3) is 0.0189. The minimum absolute atomic E-state index is 0.532. The molecule has 0 spiro atoms. The van der Waals surface area contributed by atoms with Crippen molar-refractivity contribution >= 4 is 27.8 Å². The highest BCUT2D eigenvalue weighted by molar-refractivity contribution is 6.08. The second-order valence-corrected chi connectivity index (χ2v) is 14.1. The predicted octanol–water partition coefficient (Wildman–Crippen LogP) is 14.0. The van der Waals surface area contributed by atoms with E-state index in [2.05, 4.69) is 229 Å². The Morgan fingerprint density at radius 3 is 1.37 bits per heavy atom. The number of fused-ring (bicyclic) bond motifs is 5. The summed E-state index contributed by atoms with van der Waals surface area (Å²) < 4.78 is 0. The summed E-state index contributed by atoms with van der Waals surface area (Å²) in [6, 6.07) is 82.0. The maximum absolute atomic E-state index is 2.46. The van der Waals surface area contributed by atoms with Gasteiger partial charge in [-0.3, -0.25) is 0 Å². The molecule has 0 amide bonds. The molecule has 54 heavy (non-hydrogen) atoms. The second-order valence-electron chi connectivity index (χ2n) is 14.1. The molecule has 0 saturated heterocycles. The largest absolute Gasteiger partial charge is 0.310 e. The Labute approximate surface area is 317 Å². The van der Waals surface area contributed by atoms with E-state index in [1.165, 1.54) is 66.4 Å². The highest BCUT2D eigenvalue weighted by Crippen LogP contribution is 2.60. The first-order valence-corrected chi connectivity index (χ1v) is 18.7. The van der Waals surface area contributed by atoms with Crippen LogP contribution in [-0.2, 0) is 5.41 Å². The van der Waals surface area contributed by atoms with Crippen LogP contribution in [0, 0.1) is 0 Å². The van der Waals surface area contributed by atoms with Crippen molar-refractivity contribution in [2.45, 2.75) is 5.41 Å². The third-order valence-corrected chi connectivity index (χ3v) is 11.1. The zero-order valence-corrected chi connectivity index (χ0v) is 29.8. The van der Waals surface area contributed by atoms with Crippen LogP contribution < -0.4 is 4.90 Å². The molecule has 0 heterocycles. The molecule has 0 aromatic heterocycles. The Morgan fingerprint density at radius 1 is 0.296 bits per heavy atom. The molecule has 9 aromatic carbocycles. The van der Waals surface area contributed by atoms with E-state index in [9.17, 15) is 0 Å². The van der Waals surface area contributed by atoms with Crippen molar-refractivity contribution in [2.24, 2.45) is 0 Å². The predicted molar refractivity (Wildman–Crippen MR) is 227 cm³/mol. The number of benzene rings is 9. The summed E-state index contributed by atoms with van der Waals surface area (Å²) in [5.74, 6) is 0. The summed E-state index contributed by atoms with van der Waals surface area (Å²) in [7, 11) is 0. The van der Waals surface area contributed by atoms with Gasteiger partial charge < -0.3 is 4.90 Å². The van der Waals surface area contributed by atoms with Crippen LogP contribution in [-0.4, -0.2) is 0 Å². The van der Waals surface area contributed by atoms with Crippen molar-refractivity contribution < 1.29 is 0 Å². The van der Waals surface area contributed by atoms with Crippen molar-refractivity contribution in [1.29, 1.82) is 0 Å². The van der Waals surface area contributed by atoms with Gasteiger partial charge in [-0.05, 0) is 109 Å². The number of para-hydroxylation sites is 1. The molecule has 10 rings (SSSR count). The summed E-state index contributed by atoms with van der Waals surface area (Å²) in [6.45, 7) is 0. The van der Waals surface area contributed by atoms with Crippen molar-refractivity contribution in [3.63, 3.8) is 0 Å². The van der Waals surface area contributed by atoms with E-state index in [1.54, 1.807) is 0 Å². The molecule has 0 bridgehead atoms. The molecule has 0 unspecified atom stereocenters. The zero-order valence-electron chi connectivity index (χ0n) is 29.8. The fourth-order valence-corrected chi connectivity index (χ4v) is 8.80. The number of rotatable bonds is 7. The van der Waals surface area contributed by atoms with Crippen LogP contribution in [0.1, 0.15) is 22.3 Å². The molecule has 1 aliphatic carbocycles. The van der Waals surface area contributed by atoms with E-state index in [-0.39, 0.29) is 0 Å². The van der Waals surface area contributed by atoms with Gasteiger partial charge in [0.2, 0.25) is 0 Å². The molecule has 0 saturated carbocycles. The summed E-state index contributed by atoms with van der Waals surface area (Å²) in [5.41, 5.74) is 15.4. The molecule has 1 nitrogen and oxygen atoms in total. The van der Waals surface area contributed by atoms with Crippen molar-refractivity contribution in [2.75, 3.05) is 4.90 Å². The van der Waals surface area contributed by atoms with Crippen LogP contribution in [0.5, 0.6) is 0 Å². The standard InChI is InChI=1S/C53H37N/c1-6-18-38(19-7-1)39-30-32-44(33-31-39)54(43-26-14-5-15-27-43)45-34-35-51-49(36-45)50-37-48(40-20-8-2-9-21-40)46-28-16-17-29-47(46)52(50)53(51,41-22-10-3-11-23-41)42-24-12-4-13-25-42/h1-37H. The highest BCUT2D eigenvalue weighted by Gasteiger charge is 2.47. The third-order valence-electron chi connectivity index (χ3n) is 11.1. The van der Waals surface area contributed by atoms with Gasteiger partial charge in [-0.1, -0.05) is 182 Å². The van der Waals surface area contributed by atoms with E-state index < -0.39 is 5.41 Å². The first kappa shape index (κ1) is 31.7. The topological polar surface area (TPSA) is 3.24 Å². The van der Waals surface area contributed by atoms with Crippen molar-refractivity contribution in [3.05, 3.63) is 247 Å². The fourth-order valence-electron chi connectivity index (χ4n) is 8.80. The van der Waals surface area contributed by atoms with E-state index in [4.69, 9.17) is 0 Å². The molecule has 0 atom stereocenters. The van der Waals surface area contributed by atoms with E-state index >= 15 is 0 Å². The summed E-state index contributed by atoms with van der Waals surface area (Å²) in [4.78, 5) is 2.39. The lowest BCUT2D eigenvalue weighted by molar-refractivity contribution is 0.775. The Hall–Kier alpha value is -6.96. The van der Waals surface area contributed by atoms with E-state index in [0.29, 0.717) is 0 Å². The van der Waals surface area contributed by atoms with Crippen LogP contribution in [0.25, 0.3) is 44.2 Å². The second kappa shape index (κ2) is 13.2. The van der Waals surface area contributed by atoms with Crippen LogP contribution in [0.2, 0.25) is 0 Å². The first-order chi connectivity index (χ1) is 26.8. The van der Waals surface area contributed by atoms with Gasteiger partial charge in [0.05, 0.1) is 5.41 Å². The smallest absolute Gasteiger partial charge is 0.0719 e. The molecule has 1 aliphatic rings. The molecule has 0 fully saturated rings. The molecule has 1 heteroatoms. The van der Waals surface area contributed by atoms with Crippen LogP contribution in [0.3, 0.4) is 0 Å². The molecule has 0 aliphatic heterocycles. The Morgan fingerprint density at radius 2 is 0.759 bits per heavy atom. The quantitative estimate of drug-likeness (QED) is 0.161. The van der Waals surface area contributed by atoms with Crippen LogP contribution in [0.4, 0.5) is 17.1 Å². The Kier molecular flexibility index (Phi) is 7.78. The number of hydrogen-bond acceptors (Lipinski definition) is 1. The summed E-state index contributed by atoms with van der Waals surface area (Å²) in [5, 5.41) is 2.53. The molecule has 254 valence electrons. The van der Waals surface area contributed by atoms with Gasteiger partial charge in [0.1, 0.15) is 0 Å². The van der Waals surface area contributed by atoms with Gasteiger partial charge in [-0.15, -0.1) is 0 Å². The maximum atomic E-state index is 2.46. The third kappa shape index (κ3) is 5.09. The van der Waals surface area contributed by atoms with Gasteiger partial charge in [0.25, 0.3) is 0 Å². The number of nitrogens with zero attached hydrogens (tertiary/aromatic N) is 1. The van der Waals surface area contributed by atoms with Crippen molar-refractivity contribution in [1.82, 2.24) is 0 Å². The minimum Gasteiger partial charge on any atom is -0.310 e. The van der Waals surface area contributed by atoms with Crippen LogP contribution >= 0.6 is 0 Å². The van der Waals surface area contributed by atoms with Crippen LogP contribution in [0.15, 0.2) is 224 Å². The van der Waals surface area contributed by atoms with Gasteiger partial charge in [0, 0.05) is 17.1 Å². The number of anilines is 3. The molecular weight excluding hydrogens is 651 g/mol. The Balaban J connectivity index is 1.27. The van der Waals surface area contributed by atoms with Gasteiger partial charge in [-0.25, -0.2) is 0 Å².